The van der Waals surface area contributed by atoms with Gasteiger partial charge in [-0.3, -0.25) is 0 Å². The second kappa shape index (κ2) is 3.54. The summed E-state index contributed by atoms with van der Waals surface area (Å²) in [5.41, 5.74) is 0. The minimum atomic E-state index is 0.906. The van der Waals surface area contributed by atoms with Crippen molar-refractivity contribution in [2.45, 2.75) is 13.3 Å². The van der Waals surface area contributed by atoms with Gasteiger partial charge < -0.3 is 5.32 Å². The SMILES string of the molecule is C=C(Br)CNCC1CC1C. The zero-order valence-corrected chi connectivity index (χ0v) is 7.95. The Morgan fingerprint density at radius 1 is 1.80 bits per heavy atom. The van der Waals surface area contributed by atoms with Crippen molar-refractivity contribution in [3.8, 4) is 0 Å². The van der Waals surface area contributed by atoms with E-state index in [1.54, 1.807) is 0 Å². The Morgan fingerprint density at radius 3 is 2.80 bits per heavy atom. The fourth-order valence-corrected chi connectivity index (χ4v) is 1.27. The molecule has 58 valence electrons. The molecule has 0 amide bonds. The van der Waals surface area contributed by atoms with Gasteiger partial charge in [0.2, 0.25) is 0 Å². The Labute approximate surface area is 71.0 Å². The van der Waals surface area contributed by atoms with E-state index in [4.69, 9.17) is 0 Å². The summed E-state index contributed by atoms with van der Waals surface area (Å²) in [5, 5.41) is 3.33. The fraction of sp³-hybridized carbons (Fsp3) is 0.750. The predicted molar refractivity (Wildman–Crippen MR) is 48.2 cm³/mol. The molecule has 0 saturated heterocycles. The van der Waals surface area contributed by atoms with E-state index in [1.807, 2.05) is 0 Å². The first-order valence-corrected chi connectivity index (χ1v) is 4.53. The van der Waals surface area contributed by atoms with Crippen LogP contribution in [0.2, 0.25) is 0 Å². The van der Waals surface area contributed by atoms with Gasteiger partial charge in [0, 0.05) is 11.0 Å². The van der Waals surface area contributed by atoms with Crippen molar-refractivity contribution in [2.75, 3.05) is 13.1 Å². The maximum Gasteiger partial charge on any atom is 0.0265 e. The molecular formula is C8H14BrN. The number of hydrogen-bond donors (Lipinski definition) is 1. The van der Waals surface area contributed by atoms with Crippen LogP contribution in [-0.2, 0) is 0 Å². The van der Waals surface area contributed by atoms with Crippen LogP contribution in [0.25, 0.3) is 0 Å². The van der Waals surface area contributed by atoms with E-state index in [9.17, 15) is 0 Å². The van der Waals surface area contributed by atoms with Crippen LogP contribution in [-0.4, -0.2) is 13.1 Å². The molecule has 0 aliphatic heterocycles. The van der Waals surface area contributed by atoms with Gasteiger partial charge in [-0.1, -0.05) is 29.4 Å². The summed E-state index contributed by atoms with van der Waals surface area (Å²) >= 11 is 3.30. The summed E-state index contributed by atoms with van der Waals surface area (Å²) in [6.45, 7) is 8.11. The Morgan fingerprint density at radius 2 is 2.40 bits per heavy atom. The molecule has 0 aromatic heterocycles. The minimum Gasteiger partial charge on any atom is -0.312 e. The van der Waals surface area contributed by atoms with Gasteiger partial charge >= 0.3 is 0 Å². The van der Waals surface area contributed by atoms with Crippen molar-refractivity contribution in [3.05, 3.63) is 11.1 Å². The van der Waals surface area contributed by atoms with Gasteiger partial charge in [0.25, 0.3) is 0 Å². The van der Waals surface area contributed by atoms with Crippen LogP contribution in [0.4, 0.5) is 0 Å². The van der Waals surface area contributed by atoms with Gasteiger partial charge in [0.15, 0.2) is 0 Å². The molecule has 0 radical (unpaired) electrons. The lowest BCUT2D eigenvalue weighted by Gasteiger charge is -2.00. The summed E-state index contributed by atoms with van der Waals surface area (Å²) in [4.78, 5) is 0. The van der Waals surface area contributed by atoms with Crippen molar-refractivity contribution in [3.63, 3.8) is 0 Å². The standard InChI is InChI=1S/C8H14BrN/c1-6-3-8(6)5-10-4-7(2)9/h6,8,10H,2-5H2,1H3. The van der Waals surface area contributed by atoms with Gasteiger partial charge in [0.05, 0.1) is 0 Å². The van der Waals surface area contributed by atoms with Crippen LogP contribution in [0, 0.1) is 11.8 Å². The lowest BCUT2D eigenvalue weighted by Crippen LogP contribution is -2.18. The summed E-state index contributed by atoms with van der Waals surface area (Å²) in [6, 6.07) is 0. The van der Waals surface area contributed by atoms with E-state index in [1.165, 1.54) is 6.42 Å². The molecule has 1 nitrogen and oxygen atoms in total. The normalized spacial score (nSPS) is 30.2. The molecule has 1 aliphatic carbocycles. The van der Waals surface area contributed by atoms with E-state index >= 15 is 0 Å². The maximum absolute atomic E-state index is 3.75. The average molecular weight is 204 g/mol. The van der Waals surface area contributed by atoms with Crippen molar-refractivity contribution in [1.82, 2.24) is 5.32 Å². The molecule has 1 rings (SSSR count). The van der Waals surface area contributed by atoms with Gasteiger partial charge in [-0.15, -0.1) is 0 Å². The second-order valence-corrected chi connectivity index (χ2v) is 4.24. The molecule has 0 bridgehead atoms. The lowest BCUT2D eigenvalue weighted by atomic mass is 10.3. The quantitative estimate of drug-likeness (QED) is 0.739. The van der Waals surface area contributed by atoms with Crippen molar-refractivity contribution in [2.24, 2.45) is 11.8 Å². The Hall–Kier alpha value is 0.180. The van der Waals surface area contributed by atoms with E-state index in [0.29, 0.717) is 0 Å². The molecule has 0 heterocycles. The Balaban J connectivity index is 1.91. The number of hydrogen-bond acceptors (Lipinski definition) is 1. The maximum atomic E-state index is 3.75. The van der Waals surface area contributed by atoms with E-state index in [0.717, 1.165) is 29.4 Å². The van der Waals surface area contributed by atoms with Crippen LogP contribution in [0.15, 0.2) is 11.1 Å². The van der Waals surface area contributed by atoms with Crippen molar-refractivity contribution < 1.29 is 0 Å². The monoisotopic (exact) mass is 203 g/mol. The lowest BCUT2D eigenvalue weighted by molar-refractivity contribution is 0.646. The molecule has 2 heteroatoms. The third-order valence-corrected chi connectivity index (χ3v) is 2.28. The summed E-state index contributed by atoms with van der Waals surface area (Å²) < 4.78 is 1.04. The highest BCUT2D eigenvalue weighted by Crippen LogP contribution is 2.36. The highest BCUT2D eigenvalue weighted by molar-refractivity contribution is 9.11. The number of halogens is 1. The average Bonchev–Trinajstić information content (AvgIpc) is 2.46. The molecule has 1 N–H and O–H groups in total. The van der Waals surface area contributed by atoms with Crippen LogP contribution < -0.4 is 5.32 Å². The molecule has 0 spiro atoms. The van der Waals surface area contributed by atoms with Crippen LogP contribution >= 0.6 is 15.9 Å². The highest BCUT2D eigenvalue weighted by Gasteiger charge is 2.31. The second-order valence-electron chi connectivity index (χ2n) is 3.12. The minimum absolute atomic E-state index is 0.906. The number of rotatable bonds is 4. The van der Waals surface area contributed by atoms with Crippen LogP contribution in [0.3, 0.4) is 0 Å². The van der Waals surface area contributed by atoms with Gasteiger partial charge in [-0.25, -0.2) is 0 Å². The van der Waals surface area contributed by atoms with E-state index in [-0.39, 0.29) is 0 Å². The zero-order valence-electron chi connectivity index (χ0n) is 6.36. The third-order valence-electron chi connectivity index (χ3n) is 2.00. The van der Waals surface area contributed by atoms with Crippen molar-refractivity contribution >= 4 is 15.9 Å². The fourth-order valence-electron chi connectivity index (χ4n) is 1.08. The molecule has 10 heavy (non-hydrogen) atoms. The van der Waals surface area contributed by atoms with Crippen molar-refractivity contribution in [1.29, 1.82) is 0 Å². The molecule has 2 atom stereocenters. The molecule has 0 aromatic carbocycles. The largest absolute Gasteiger partial charge is 0.312 e. The first-order valence-electron chi connectivity index (χ1n) is 3.74. The first kappa shape index (κ1) is 8.28. The zero-order chi connectivity index (χ0) is 7.56. The molecule has 2 unspecified atom stereocenters. The molecular weight excluding hydrogens is 190 g/mol. The third kappa shape index (κ3) is 2.84. The van der Waals surface area contributed by atoms with Crippen LogP contribution in [0.1, 0.15) is 13.3 Å². The van der Waals surface area contributed by atoms with Gasteiger partial charge in [-0.05, 0) is 24.8 Å². The topological polar surface area (TPSA) is 12.0 Å². The van der Waals surface area contributed by atoms with E-state index < -0.39 is 0 Å². The molecule has 1 saturated carbocycles. The molecule has 0 aromatic rings. The summed E-state index contributed by atoms with van der Waals surface area (Å²) in [6.07, 6.45) is 1.40. The predicted octanol–water partition coefficient (Wildman–Crippen LogP) is 2.14. The highest BCUT2D eigenvalue weighted by atomic mass is 79.9. The Kier molecular flexibility index (Phi) is 2.93. The molecule has 1 aliphatic rings. The number of nitrogens with one attached hydrogen (secondary N) is 1. The summed E-state index contributed by atoms with van der Waals surface area (Å²) in [7, 11) is 0. The molecule has 1 fully saturated rings. The smallest absolute Gasteiger partial charge is 0.0265 e. The summed E-state index contributed by atoms with van der Waals surface area (Å²) in [5.74, 6) is 1.89. The van der Waals surface area contributed by atoms with Gasteiger partial charge in [0.1, 0.15) is 0 Å². The Bertz CT molecular complexity index is 133. The first-order chi connectivity index (χ1) is 4.70. The van der Waals surface area contributed by atoms with E-state index in [2.05, 4.69) is 34.7 Å². The van der Waals surface area contributed by atoms with Gasteiger partial charge in [-0.2, -0.15) is 0 Å². The van der Waals surface area contributed by atoms with Crippen LogP contribution in [0.5, 0.6) is 0 Å².